The molecule has 8 nitrogen and oxygen atoms in total. The van der Waals surface area contributed by atoms with E-state index in [-0.39, 0.29) is 11.4 Å². The van der Waals surface area contributed by atoms with Crippen LogP contribution in [0, 0.1) is 0 Å². The maximum atomic E-state index is 13.3. The van der Waals surface area contributed by atoms with Crippen LogP contribution in [0.4, 0.5) is 5.13 Å². The molecule has 4 rings (SSSR count). The Morgan fingerprint density at radius 1 is 1.00 bits per heavy atom. The van der Waals surface area contributed by atoms with Crippen LogP contribution < -0.4 is 14.4 Å². The van der Waals surface area contributed by atoms with Crippen molar-refractivity contribution in [2.24, 2.45) is 0 Å². The zero-order chi connectivity index (χ0) is 23.4. The van der Waals surface area contributed by atoms with Crippen molar-refractivity contribution in [1.82, 2.24) is 9.97 Å². The quantitative estimate of drug-likeness (QED) is 0.377. The number of thiazole rings is 1. The number of ether oxygens (including phenoxy) is 2. The average Bonchev–Trinajstić information content (AvgIpc) is 3.25. The lowest BCUT2D eigenvalue weighted by molar-refractivity contribution is -0.116. The van der Waals surface area contributed by atoms with Crippen molar-refractivity contribution < 1.29 is 22.7 Å². The Bertz CT molecular complexity index is 1370. The number of benzene rings is 2. The van der Waals surface area contributed by atoms with Crippen LogP contribution in [0.2, 0.25) is 0 Å². The summed E-state index contributed by atoms with van der Waals surface area (Å²) in [6, 6.07) is 16.7. The van der Waals surface area contributed by atoms with Gasteiger partial charge in [0.2, 0.25) is 5.91 Å². The molecule has 0 spiro atoms. The Hall–Kier alpha value is -3.50. The van der Waals surface area contributed by atoms with Crippen molar-refractivity contribution in [2.75, 3.05) is 24.9 Å². The molecule has 0 saturated heterocycles. The predicted octanol–water partition coefficient (Wildman–Crippen LogP) is 3.72. The first-order valence-electron chi connectivity index (χ1n) is 9.91. The average molecular weight is 484 g/mol. The van der Waals surface area contributed by atoms with E-state index in [1.165, 1.54) is 35.5 Å². The Morgan fingerprint density at radius 2 is 1.73 bits per heavy atom. The molecule has 2 heterocycles. The van der Waals surface area contributed by atoms with Crippen LogP contribution in [-0.4, -0.2) is 44.3 Å². The van der Waals surface area contributed by atoms with Crippen LogP contribution in [0.1, 0.15) is 5.69 Å². The lowest BCUT2D eigenvalue weighted by Gasteiger charge is -2.19. The van der Waals surface area contributed by atoms with Gasteiger partial charge in [0.25, 0.3) is 0 Å². The molecule has 170 valence electrons. The molecule has 0 bridgehead atoms. The summed E-state index contributed by atoms with van der Waals surface area (Å²) in [6.07, 6.45) is 1.62. The topological polar surface area (TPSA) is 98.7 Å². The molecule has 2 aromatic carbocycles. The number of anilines is 1. The fraction of sp³-hybridized carbons (Fsp3) is 0.174. The molecule has 0 unspecified atom stereocenters. The van der Waals surface area contributed by atoms with Crippen LogP contribution in [0.3, 0.4) is 0 Å². The zero-order valence-electron chi connectivity index (χ0n) is 18.0. The van der Waals surface area contributed by atoms with E-state index in [9.17, 15) is 13.2 Å². The summed E-state index contributed by atoms with van der Waals surface area (Å²) >= 11 is 1.30. The minimum absolute atomic E-state index is 0.0449. The van der Waals surface area contributed by atoms with E-state index in [4.69, 9.17) is 9.47 Å². The number of methoxy groups -OCH3 is 2. The predicted molar refractivity (Wildman–Crippen MR) is 127 cm³/mol. The summed E-state index contributed by atoms with van der Waals surface area (Å²) in [7, 11) is -0.820. The van der Waals surface area contributed by atoms with Gasteiger partial charge in [-0.15, -0.1) is 0 Å². The smallest absolute Gasteiger partial charge is 0.244 e. The van der Waals surface area contributed by atoms with Gasteiger partial charge in [0.1, 0.15) is 17.3 Å². The van der Waals surface area contributed by atoms with Crippen molar-refractivity contribution in [3.8, 4) is 11.5 Å². The summed E-state index contributed by atoms with van der Waals surface area (Å²) in [4.78, 5) is 23.6. The number of sulfone groups is 1. The maximum absolute atomic E-state index is 13.3. The van der Waals surface area contributed by atoms with E-state index in [1.54, 1.807) is 43.6 Å². The highest BCUT2D eigenvalue weighted by Gasteiger charge is 2.27. The number of hydrogen-bond acceptors (Lipinski definition) is 8. The highest BCUT2D eigenvalue weighted by atomic mass is 32.2. The van der Waals surface area contributed by atoms with Crippen LogP contribution in [-0.2, 0) is 21.2 Å². The van der Waals surface area contributed by atoms with Gasteiger partial charge in [-0.3, -0.25) is 14.7 Å². The van der Waals surface area contributed by atoms with Gasteiger partial charge >= 0.3 is 0 Å². The minimum Gasteiger partial charge on any atom is -0.497 e. The van der Waals surface area contributed by atoms with Gasteiger partial charge < -0.3 is 9.47 Å². The SMILES string of the molecule is COc1ccc(S(=O)(=O)CC(=O)N(Cc2ccccn2)c2nc3cc(OC)ccc3s2)cc1. The second-order valence-corrected chi connectivity index (χ2v) is 10.1. The Kier molecular flexibility index (Phi) is 6.57. The third kappa shape index (κ3) is 5.12. The molecule has 33 heavy (non-hydrogen) atoms. The van der Waals surface area contributed by atoms with Gasteiger partial charge in [-0.05, 0) is 48.5 Å². The molecule has 0 N–H and O–H groups in total. The Morgan fingerprint density at radius 3 is 2.39 bits per heavy atom. The van der Waals surface area contributed by atoms with E-state index in [2.05, 4.69) is 9.97 Å². The number of amides is 1. The molecule has 0 saturated carbocycles. The lowest BCUT2D eigenvalue weighted by Crippen LogP contribution is -2.35. The molecule has 2 aromatic heterocycles. The normalized spacial score (nSPS) is 11.3. The first kappa shape index (κ1) is 22.7. The first-order valence-corrected chi connectivity index (χ1v) is 12.4. The summed E-state index contributed by atoms with van der Waals surface area (Å²) in [5.41, 5.74) is 1.27. The van der Waals surface area contributed by atoms with E-state index >= 15 is 0 Å². The van der Waals surface area contributed by atoms with Crippen LogP contribution in [0.25, 0.3) is 10.2 Å². The monoisotopic (exact) mass is 483 g/mol. The van der Waals surface area contributed by atoms with Crippen molar-refractivity contribution >= 4 is 42.4 Å². The Labute approximate surface area is 195 Å². The van der Waals surface area contributed by atoms with E-state index in [0.717, 1.165) is 4.70 Å². The molecular weight excluding hydrogens is 462 g/mol. The molecule has 0 radical (unpaired) electrons. The maximum Gasteiger partial charge on any atom is 0.244 e. The molecule has 0 fully saturated rings. The number of carbonyl (C=O) groups excluding carboxylic acids is 1. The number of hydrogen-bond donors (Lipinski definition) is 0. The van der Waals surface area contributed by atoms with E-state index in [1.807, 2.05) is 18.2 Å². The summed E-state index contributed by atoms with van der Waals surface area (Å²) in [5, 5.41) is 0.388. The standard InChI is InChI=1S/C23H21N3O5S2/c1-30-17-6-9-19(10-7-17)33(28,29)15-22(27)26(14-16-5-3-4-12-24-16)23-25-20-13-18(31-2)8-11-21(20)32-23/h3-13H,14-15H2,1-2H3. The number of carbonyl (C=O) groups is 1. The van der Waals surface area contributed by atoms with Gasteiger partial charge in [0.15, 0.2) is 15.0 Å². The van der Waals surface area contributed by atoms with Crippen molar-refractivity contribution in [1.29, 1.82) is 0 Å². The Balaban J connectivity index is 1.67. The molecular formula is C23H21N3O5S2. The van der Waals surface area contributed by atoms with E-state index < -0.39 is 21.5 Å². The van der Waals surface area contributed by atoms with Crippen molar-refractivity contribution in [2.45, 2.75) is 11.4 Å². The van der Waals surface area contributed by atoms with Gasteiger partial charge in [0.05, 0.1) is 41.6 Å². The number of aromatic nitrogens is 2. The highest BCUT2D eigenvalue weighted by molar-refractivity contribution is 7.92. The fourth-order valence-corrected chi connectivity index (χ4v) is 5.32. The molecule has 4 aromatic rings. The van der Waals surface area contributed by atoms with Crippen molar-refractivity contribution in [3.05, 3.63) is 72.6 Å². The first-order chi connectivity index (χ1) is 15.9. The fourth-order valence-electron chi connectivity index (χ4n) is 3.16. The summed E-state index contributed by atoms with van der Waals surface area (Å²) in [5.74, 6) is -0.126. The molecule has 0 aliphatic heterocycles. The second-order valence-electron chi connectivity index (χ2n) is 7.07. The number of fused-ring (bicyclic) bond motifs is 1. The lowest BCUT2D eigenvalue weighted by atomic mass is 10.3. The van der Waals surface area contributed by atoms with E-state index in [0.29, 0.717) is 27.8 Å². The van der Waals surface area contributed by atoms with Gasteiger partial charge in [-0.1, -0.05) is 17.4 Å². The minimum atomic E-state index is -3.88. The summed E-state index contributed by atoms with van der Waals surface area (Å²) in [6.45, 7) is 0.0920. The molecule has 0 aliphatic carbocycles. The van der Waals surface area contributed by atoms with Gasteiger partial charge in [-0.2, -0.15) is 0 Å². The van der Waals surface area contributed by atoms with Crippen LogP contribution >= 0.6 is 11.3 Å². The second kappa shape index (κ2) is 9.55. The van der Waals surface area contributed by atoms with Crippen LogP contribution in [0.15, 0.2) is 71.8 Å². The zero-order valence-corrected chi connectivity index (χ0v) is 19.6. The number of rotatable bonds is 8. The number of nitrogens with zero attached hydrogens (tertiary/aromatic N) is 3. The van der Waals surface area contributed by atoms with Crippen LogP contribution in [0.5, 0.6) is 11.5 Å². The third-order valence-corrected chi connectivity index (χ3v) is 7.57. The highest BCUT2D eigenvalue weighted by Crippen LogP contribution is 2.32. The third-order valence-electron chi connectivity index (χ3n) is 4.89. The molecule has 0 atom stereocenters. The van der Waals surface area contributed by atoms with Gasteiger partial charge in [0, 0.05) is 12.3 Å². The van der Waals surface area contributed by atoms with Crippen molar-refractivity contribution in [3.63, 3.8) is 0 Å². The molecule has 10 heteroatoms. The summed E-state index contributed by atoms with van der Waals surface area (Å²) < 4.78 is 37.1. The molecule has 1 amide bonds. The van der Waals surface area contributed by atoms with Gasteiger partial charge in [-0.25, -0.2) is 13.4 Å². The number of pyridine rings is 1. The largest absolute Gasteiger partial charge is 0.497 e. The molecule has 0 aliphatic rings.